The largest absolute Gasteiger partial charge is 0.494 e. The minimum atomic E-state index is -0.239. The first-order chi connectivity index (χ1) is 9.11. The van der Waals surface area contributed by atoms with E-state index in [4.69, 9.17) is 10.00 Å². The molecule has 0 bridgehead atoms. The molecule has 4 nitrogen and oxygen atoms in total. The first-order valence-electron chi connectivity index (χ1n) is 6.61. The van der Waals surface area contributed by atoms with E-state index in [0.29, 0.717) is 12.2 Å². The highest BCUT2D eigenvalue weighted by molar-refractivity contribution is 5.34. The highest BCUT2D eigenvalue weighted by atomic mass is 16.5. The smallest absolute Gasteiger partial charge is 0.119 e. The fraction of sp³-hybridized carbons (Fsp3) is 0.533. The second kappa shape index (κ2) is 8.52. The van der Waals surface area contributed by atoms with Crippen LogP contribution in [0.15, 0.2) is 24.3 Å². The van der Waals surface area contributed by atoms with E-state index in [1.165, 1.54) is 0 Å². The van der Waals surface area contributed by atoms with Gasteiger partial charge in [0.05, 0.1) is 24.3 Å². The van der Waals surface area contributed by atoms with E-state index in [2.05, 4.69) is 11.0 Å². The van der Waals surface area contributed by atoms with Crippen molar-refractivity contribution >= 4 is 0 Å². The number of nitriles is 1. The van der Waals surface area contributed by atoms with E-state index in [1.54, 1.807) is 12.1 Å². The number of aliphatic hydroxyl groups is 1. The maximum Gasteiger partial charge on any atom is 0.119 e. The molecule has 1 N–H and O–H groups in total. The Morgan fingerprint density at radius 3 is 2.58 bits per heavy atom. The molecule has 0 aliphatic carbocycles. The van der Waals surface area contributed by atoms with Gasteiger partial charge in [-0.3, -0.25) is 0 Å². The summed E-state index contributed by atoms with van der Waals surface area (Å²) in [6, 6.07) is 9.22. The third-order valence-corrected chi connectivity index (χ3v) is 2.86. The molecule has 19 heavy (non-hydrogen) atoms. The monoisotopic (exact) mass is 262 g/mol. The Kier molecular flexibility index (Phi) is 6.94. The SMILES string of the molecule is CC(O)CCN(C)CCCOc1ccc(C#N)cc1. The van der Waals surface area contributed by atoms with Crippen LogP contribution in [0, 0.1) is 11.3 Å². The molecule has 1 rings (SSSR count). The van der Waals surface area contributed by atoms with E-state index < -0.39 is 0 Å². The molecule has 1 aromatic rings. The summed E-state index contributed by atoms with van der Waals surface area (Å²) in [5.41, 5.74) is 0.644. The Balaban J connectivity index is 2.14. The second-order valence-corrected chi connectivity index (χ2v) is 4.78. The summed E-state index contributed by atoms with van der Waals surface area (Å²) in [4.78, 5) is 2.19. The molecule has 0 amide bonds. The van der Waals surface area contributed by atoms with Crippen LogP contribution in [-0.4, -0.2) is 42.9 Å². The molecule has 1 unspecified atom stereocenters. The Morgan fingerprint density at radius 1 is 1.32 bits per heavy atom. The van der Waals surface area contributed by atoms with Gasteiger partial charge in [0.2, 0.25) is 0 Å². The van der Waals surface area contributed by atoms with Crippen molar-refractivity contribution in [1.29, 1.82) is 5.26 Å². The lowest BCUT2D eigenvalue weighted by molar-refractivity contribution is 0.162. The van der Waals surface area contributed by atoms with Crippen LogP contribution in [0.1, 0.15) is 25.3 Å². The van der Waals surface area contributed by atoms with Crippen LogP contribution in [0.5, 0.6) is 5.75 Å². The van der Waals surface area contributed by atoms with Gasteiger partial charge < -0.3 is 14.7 Å². The van der Waals surface area contributed by atoms with Gasteiger partial charge in [-0.1, -0.05) is 0 Å². The topological polar surface area (TPSA) is 56.5 Å². The van der Waals surface area contributed by atoms with Crippen molar-refractivity contribution in [3.05, 3.63) is 29.8 Å². The molecule has 0 saturated heterocycles. The number of ether oxygens (including phenoxy) is 1. The van der Waals surface area contributed by atoms with E-state index in [9.17, 15) is 5.11 Å². The second-order valence-electron chi connectivity index (χ2n) is 4.78. The lowest BCUT2D eigenvalue weighted by Gasteiger charge is -2.17. The molecule has 1 atom stereocenters. The Labute approximate surface area is 115 Å². The van der Waals surface area contributed by atoms with Gasteiger partial charge in [-0.15, -0.1) is 0 Å². The lowest BCUT2D eigenvalue weighted by Crippen LogP contribution is -2.24. The van der Waals surface area contributed by atoms with Crippen LogP contribution >= 0.6 is 0 Å². The van der Waals surface area contributed by atoms with Gasteiger partial charge in [-0.05, 0) is 51.1 Å². The summed E-state index contributed by atoms with van der Waals surface area (Å²) in [5, 5.41) is 17.9. The molecular formula is C15H22N2O2. The third kappa shape index (κ3) is 6.80. The number of rotatable bonds is 8. The van der Waals surface area contributed by atoms with Crippen molar-refractivity contribution in [3.63, 3.8) is 0 Å². The zero-order chi connectivity index (χ0) is 14.1. The van der Waals surface area contributed by atoms with Gasteiger partial charge >= 0.3 is 0 Å². The molecule has 0 aliphatic rings. The summed E-state index contributed by atoms with van der Waals surface area (Å²) in [6.45, 7) is 4.31. The highest BCUT2D eigenvalue weighted by Crippen LogP contribution is 2.11. The van der Waals surface area contributed by atoms with Gasteiger partial charge in [0.1, 0.15) is 5.75 Å². The van der Waals surface area contributed by atoms with Crippen molar-refractivity contribution in [2.24, 2.45) is 0 Å². The molecule has 0 saturated carbocycles. The lowest BCUT2D eigenvalue weighted by atomic mass is 10.2. The molecule has 0 fully saturated rings. The summed E-state index contributed by atoms with van der Waals surface area (Å²) in [5.74, 6) is 0.797. The number of hydrogen-bond donors (Lipinski definition) is 1. The van der Waals surface area contributed by atoms with Crippen LogP contribution in [-0.2, 0) is 0 Å². The fourth-order valence-corrected chi connectivity index (χ4v) is 1.67. The van der Waals surface area contributed by atoms with Crippen LogP contribution in [0.4, 0.5) is 0 Å². The standard InChI is InChI=1S/C15H22N2O2/c1-13(18)8-10-17(2)9-3-11-19-15-6-4-14(12-16)5-7-15/h4-7,13,18H,3,8-11H2,1-2H3. The maximum absolute atomic E-state index is 9.19. The van der Waals surface area contributed by atoms with Crippen molar-refractivity contribution in [1.82, 2.24) is 4.90 Å². The number of aliphatic hydroxyl groups excluding tert-OH is 1. The third-order valence-electron chi connectivity index (χ3n) is 2.86. The summed E-state index contributed by atoms with van der Waals surface area (Å²) in [7, 11) is 2.05. The van der Waals surface area contributed by atoms with Crippen LogP contribution in [0.3, 0.4) is 0 Å². The molecule has 4 heteroatoms. The average Bonchev–Trinajstić information content (AvgIpc) is 2.42. The first kappa shape index (κ1) is 15.5. The highest BCUT2D eigenvalue weighted by Gasteiger charge is 2.01. The van der Waals surface area contributed by atoms with E-state index >= 15 is 0 Å². The molecule has 0 heterocycles. The molecule has 0 aromatic heterocycles. The van der Waals surface area contributed by atoms with Crippen molar-refractivity contribution in [2.45, 2.75) is 25.9 Å². The summed E-state index contributed by atoms with van der Waals surface area (Å²) in [6.07, 6.45) is 1.50. The summed E-state index contributed by atoms with van der Waals surface area (Å²) >= 11 is 0. The molecule has 0 radical (unpaired) electrons. The molecule has 104 valence electrons. The minimum absolute atomic E-state index is 0.239. The normalized spacial score (nSPS) is 12.2. The minimum Gasteiger partial charge on any atom is -0.494 e. The molecule has 0 spiro atoms. The number of benzene rings is 1. The molecule has 1 aromatic carbocycles. The Bertz CT molecular complexity index is 396. The van der Waals surface area contributed by atoms with E-state index in [1.807, 2.05) is 26.1 Å². The van der Waals surface area contributed by atoms with Gasteiger partial charge in [-0.2, -0.15) is 5.26 Å². The van der Waals surface area contributed by atoms with E-state index in [-0.39, 0.29) is 6.10 Å². The average molecular weight is 262 g/mol. The van der Waals surface area contributed by atoms with Crippen LogP contribution in [0.2, 0.25) is 0 Å². The van der Waals surface area contributed by atoms with Crippen molar-refractivity contribution in [2.75, 3.05) is 26.7 Å². The van der Waals surface area contributed by atoms with Crippen LogP contribution in [0.25, 0.3) is 0 Å². The van der Waals surface area contributed by atoms with Gasteiger partial charge in [0.25, 0.3) is 0 Å². The molecule has 0 aliphatic heterocycles. The quantitative estimate of drug-likeness (QED) is 0.728. The zero-order valence-electron chi connectivity index (χ0n) is 11.7. The van der Waals surface area contributed by atoms with Crippen molar-refractivity contribution in [3.8, 4) is 11.8 Å². The Morgan fingerprint density at radius 2 is 2.00 bits per heavy atom. The summed E-state index contributed by atoms with van der Waals surface area (Å²) < 4.78 is 5.60. The van der Waals surface area contributed by atoms with Gasteiger partial charge in [0, 0.05) is 13.1 Å². The fourth-order valence-electron chi connectivity index (χ4n) is 1.67. The first-order valence-corrected chi connectivity index (χ1v) is 6.61. The van der Waals surface area contributed by atoms with Crippen molar-refractivity contribution < 1.29 is 9.84 Å². The van der Waals surface area contributed by atoms with E-state index in [0.717, 1.165) is 31.7 Å². The van der Waals surface area contributed by atoms with Crippen LogP contribution < -0.4 is 4.74 Å². The van der Waals surface area contributed by atoms with Gasteiger partial charge in [0.15, 0.2) is 0 Å². The number of nitrogens with zero attached hydrogens (tertiary/aromatic N) is 2. The maximum atomic E-state index is 9.19. The predicted molar refractivity (Wildman–Crippen MR) is 75.1 cm³/mol. The molecular weight excluding hydrogens is 240 g/mol. The zero-order valence-corrected chi connectivity index (χ0v) is 11.7. The Hall–Kier alpha value is -1.57. The predicted octanol–water partition coefficient (Wildman–Crippen LogP) is 2.03. The van der Waals surface area contributed by atoms with Gasteiger partial charge in [-0.25, -0.2) is 0 Å². The number of hydrogen-bond acceptors (Lipinski definition) is 4.